The molecule has 8 heteroatoms. The minimum atomic E-state index is 0.00634. The maximum absolute atomic E-state index is 12.5. The molecule has 31 heavy (non-hydrogen) atoms. The number of carbonyl (C=O) groups excluding carboxylic acids is 1. The minimum absolute atomic E-state index is 0.00634. The molecule has 0 spiro atoms. The van der Waals surface area contributed by atoms with Crippen LogP contribution in [-0.4, -0.2) is 66.2 Å². The van der Waals surface area contributed by atoms with Crippen LogP contribution in [0.3, 0.4) is 0 Å². The molecule has 4 heterocycles. The topological polar surface area (TPSA) is 77.5 Å². The van der Waals surface area contributed by atoms with Crippen LogP contribution >= 0.6 is 0 Å². The van der Waals surface area contributed by atoms with Gasteiger partial charge in [-0.25, -0.2) is 0 Å². The lowest BCUT2D eigenvalue weighted by Crippen LogP contribution is -2.45. The van der Waals surface area contributed by atoms with E-state index in [1.807, 2.05) is 30.3 Å². The monoisotopic (exact) mass is 421 g/mol. The number of carbonyl (C=O) groups is 1. The Labute approximate surface area is 183 Å². The summed E-state index contributed by atoms with van der Waals surface area (Å²) in [5.41, 5.74) is 0.716. The van der Waals surface area contributed by atoms with E-state index in [4.69, 9.17) is 15.0 Å². The molecule has 0 unspecified atom stereocenters. The number of nitrogens with one attached hydrogen (secondary N) is 1. The fraction of sp³-hybridized carbons (Fsp3) is 0.565. The van der Waals surface area contributed by atoms with Crippen molar-refractivity contribution >= 4 is 23.8 Å². The number of piperidine rings is 1. The van der Waals surface area contributed by atoms with Crippen molar-refractivity contribution in [1.29, 1.82) is 0 Å². The zero-order valence-electron chi connectivity index (χ0n) is 18.0. The van der Waals surface area contributed by atoms with Crippen LogP contribution in [0.5, 0.6) is 0 Å². The Hall–Kier alpha value is -2.90. The highest BCUT2D eigenvalue weighted by Gasteiger charge is 2.26. The molecule has 0 bridgehead atoms. The van der Waals surface area contributed by atoms with Gasteiger partial charge in [0.05, 0.1) is 0 Å². The maximum atomic E-state index is 12.5. The van der Waals surface area contributed by atoms with Crippen molar-refractivity contribution in [2.45, 2.75) is 44.6 Å². The summed E-state index contributed by atoms with van der Waals surface area (Å²) in [5, 5.41) is 3.18. The summed E-state index contributed by atoms with van der Waals surface area (Å²) in [6.07, 6.45) is 6.59. The number of benzene rings is 1. The second kappa shape index (κ2) is 9.08. The summed E-state index contributed by atoms with van der Waals surface area (Å²) >= 11 is 0. The predicted octanol–water partition coefficient (Wildman–Crippen LogP) is 2.47. The lowest BCUT2D eigenvalue weighted by Gasteiger charge is -2.33. The molecule has 5 rings (SSSR count). The quantitative estimate of drug-likeness (QED) is 0.795. The van der Waals surface area contributed by atoms with Gasteiger partial charge in [-0.15, -0.1) is 0 Å². The molecule has 2 aromatic rings. The molecule has 0 radical (unpaired) electrons. The molecule has 1 aromatic carbocycles. The van der Waals surface area contributed by atoms with Crippen LogP contribution in [0.25, 0.3) is 0 Å². The van der Waals surface area contributed by atoms with Crippen molar-refractivity contribution in [3.63, 3.8) is 0 Å². The molecule has 8 nitrogen and oxygen atoms in total. The summed E-state index contributed by atoms with van der Waals surface area (Å²) in [7, 11) is 0. The van der Waals surface area contributed by atoms with Gasteiger partial charge < -0.3 is 20.0 Å². The average molecular weight is 422 g/mol. The van der Waals surface area contributed by atoms with Crippen LogP contribution < -0.4 is 20.0 Å². The van der Waals surface area contributed by atoms with Crippen molar-refractivity contribution in [1.82, 2.24) is 20.3 Å². The summed E-state index contributed by atoms with van der Waals surface area (Å²) in [6.45, 7) is 5.77. The Balaban J connectivity index is 1.27. The van der Waals surface area contributed by atoms with Gasteiger partial charge >= 0.3 is 0 Å². The molecule has 0 saturated carbocycles. The first-order chi connectivity index (χ1) is 15.3. The van der Waals surface area contributed by atoms with Crippen LogP contribution in [0.15, 0.2) is 30.3 Å². The molecule has 0 aliphatic carbocycles. The summed E-state index contributed by atoms with van der Waals surface area (Å²) in [4.78, 5) is 33.9. The fourth-order valence-electron chi connectivity index (χ4n) is 4.68. The summed E-state index contributed by atoms with van der Waals surface area (Å²) in [5.74, 6) is 2.44. The number of aromatic nitrogens is 3. The average Bonchev–Trinajstić information content (AvgIpc) is 3.54. The van der Waals surface area contributed by atoms with Gasteiger partial charge in [-0.1, -0.05) is 18.2 Å². The molecule has 3 saturated heterocycles. The highest BCUT2D eigenvalue weighted by atomic mass is 16.1. The number of anilines is 3. The first-order valence-electron chi connectivity index (χ1n) is 11.6. The third-order valence-corrected chi connectivity index (χ3v) is 6.53. The molecule has 3 fully saturated rings. The highest BCUT2D eigenvalue weighted by molar-refractivity contribution is 5.94. The number of hydrogen-bond donors (Lipinski definition) is 1. The smallest absolute Gasteiger partial charge is 0.251 e. The van der Waals surface area contributed by atoms with Gasteiger partial charge in [-0.05, 0) is 50.7 Å². The van der Waals surface area contributed by atoms with E-state index in [-0.39, 0.29) is 11.9 Å². The zero-order chi connectivity index (χ0) is 21.0. The van der Waals surface area contributed by atoms with Crippen LogP contribution in [0.1, 0.15) is 48.9 Å². The minimum Gasteiger partial charge on any atom is -0.349 e. The Morgan fingerprint density at radius 1 is 0.710 bits per heavy atom. The third-order valence-electron chi connectivity index (χ3n) is 6.53. The van der Waals surface area contributed by atoms with Crippen LogP contribution in [0, 0.1) is 0 Å². The van der Waals surface area contributed by atoms with Crippen molar-refractivity contribution in [2.75, 3.05) is 54.0 Å². The Morgan fingerprint density at radius 2 is 1.16 bits per heavy atom. The maximum Gasteiger partial charge on any atom is 0.251 e. The molecule has 1 amide bonds. The Bertz CT molecular complexity index is 852. The highest BCUT2D eigenvalue weighted by Crippen LogP contribution is 2.25. The zero-order valence-corrected chi connectivity index (χ0v) is 18.0. The van der Waals surface area contributed by atoms with E-state index in [1.54, 1.807) is 0 Å². The van der Waals surface area contributed by atoms with Crippen molar-refractivity contribution < 1.29 is 4.79 Å². The van der Waals surface area contributed by atoms with E-state index < -0.39 is 0 Å². The standard InChI is InChI=1S/C23H31N7O/c31-20(18-8-2-1-3-9-18)24-19-10-16-30(17-11-19)23-26-21(28-12-4-5-13-28)25-22(27-23)29-14-6-7-15-29/h1-3,8-9,19H,4-7,10-17H2,(H,24,31). The second-order valence-corrected chi connectivity index (χ2v) is 8.72. The van der Waals surface area contributed by atoms with Crippen LogP contribution in [0.4, 0.5) is 17.8 Å². The molecule has 164 valence electrons. The van der Waals surface area contributed by atoms with Gasteiger partial charge in [0, 0.05) is 50.9 Å². The van der Waals surface area contributed by atoms with Gasteiger partial charge in [0.15, 0.2) is 0 Å². The van der Waals surface area contributed by atoms with Crippen LogP contribution in [0.2, 0.25) is 0 Å². The molecule has 3 aliphatic rings. The fourth-order valence-corrected chi connectivity index (χ4v) is 4.68. The van der Waals surface area contributed by atoms with E-state index in [9.17, 15) is 4.79 Å². The van der Waals surface area contributed by atoms with E-state index in [1.165, 1.54) is 25.7 Å². The molecular formula is C23H31N7O. The lowest BCUT2D eigenvalue weighted by atomic mass is 10.0. The number of nitrogens with zero attached hydrogens (tertiary/aromatic N) is 6. The van der Waals surface area contributed by atoms with E-state index in [0.717, 1.165) is 70.0 Å². The first-order valence-corrected chi connectivity index (χ1v) is 11.6. The predicted molar refractivity (Wildman–Crippen MR) is 122 cm³/mol. The molecular weight excluding hydrogens is 390 g/mol. The van der Waals surface area contributed by atoms with Gasteiger partial charge in [0.2, 0.25) is 17.8 Å². The summed E-state index contributed by atoms with van der Waals surface area (Å²) < 4.78 is 0. The second-order valence-electron chi connectivity index (χ2n) is 8.72. The number of rotatable bonds is 5. The van der Waals surface area contributed by atoms with Gasteiger partial charge in [0.25, 0.3) is 5.91 Å². The van der Waals surface area contributed by atoms with Gasteiger partial charge in [0.1, 0.15) is 0 Å². The lowest BCUT2D eigenvalue weighted by molar-refractivity contribution is 0.0931. The van der Waals surface area contributed by atoms with Crippen molar-refractivity contribution in [2.24, 2.45) is 0 Å². The van der Waals surface area contributed by atoms with Gasteiger partial charge in [-0.2, -0.15) is 15.0 Å². The van der Waals surface area contributed by atoms with Crippen molar-refractivity contribution in [3.8, 4) is 0 Å². The largest absolute Gasteiger partial charge is 0.349 e. The SMILES string of the molecule is O=C(NC1CCN(c2nc(N3CCCC3)nc(N3CCCC3)n2)CC1)c1ccccc1. The van der Waals surface area contributed by atoms with Crippen molar-refractivity contribution in [3.05, 3.63) is 35.9 Å². The molecule has 1 N–H and O–H groups in total. The van der Waals surface area contributed by atoms with E-state index >= 15 is 0 Å². The number of hydrogen-bond acceptors (Lipinski definition) is 7. The molecule has 1 aromatic heterocycles. The van der Waals surface area contributed by atoms with Crippen LogP contribution in [-0.2, 0) is 0 Å². The van der Waals surface area contributed by atoms with Gasteiger partial charge in [-0.3, -0.25) is 4.79 Å². The Morgan fingerprint density at radius 3 is 1.65 bits per heavy atom. The first kappa shape index (κ1) is 20.0. The third kappa shape index (κ3) is 4.57. The van der Waals surface area contributed by atoms with E-state index in [2.05, 4.69) is 20.0 Å². The Kier molecular flexibility index (Phi) is 5.86. The molecule has 3 aliphatic heterocycles. The molecule has 0 atom stereocenters. The normalized spacial score (nSPS) is 19.8. The summed E-state index contributed by atoms with van der Waals surface area (Å²) in [6, 6.07) is 9.62. The number of amides is 1. The van der Waals surface area contributed by atoms with E-state index in [0.29, 0.717) is 5.56 Å².